The van der Waals surface area contributed by atoms with Gasteiger partial charge in [0.15, 0.2) is 0 Å². The lowest BCUT2D eigenvalue weighted by atomic mass is 10.2. The van der Waals surface area contributed by atoms with Gasteiger partial charge in [-0.05, 0) is 18.9 Å². The molecule has 0 atom stereocenters. The molecule has 4 nitrogen and oxygen atoms in total. The normalized spacial score (nSPS) is 12.2. The third-order valence-corrected chi connectivity index (χ3v) is 1.85. The monoisotopic (exact) mass is 208 g/mol. The highest BCUT2D eigenvalue weighted by Crippen LogP contribution is 2.03. The Kier molecular flexibility index (Phi) is 6.62. The molecule has 0 spiro atoms. The van der Waals surface area contributed by atoms with Crippen LogP contribution in [0.25, 0.3) is 0 Å². The highest BCUT2D eigenvalue weighted by atomic mass is 32.3. The maximum Gasteiger partial charge on any atom is 0.445 e. The zero-order valence-electron chi connectivity index (χ0n) is 7.77. The van der Waals surface area contributed by atoms with Crippen LogP contribution in [-0.4, -0.2) is 13.0 Å². The number of rotatable bonds is 7. The molecule has 0 saturated carbocycles. The van der Waals surface area contributed by atoms with E-state index < -0.39 is 10.4 Å². The van der Waals surface area contributed by atoms with Gasteiger partial charge in [0.05, 0.1) is 0 Å². The van der Waals surface area contributed by atoms with Crippen LogP contribution in [0.5, 0.6) is 0 Å². The second kappa shape index (κ2) is 6.91. The van der Waals surface area contributed by atoms with Gasteiger partial charge in [0.2, 0.25) is 0 Å². The fourth-order valence-electron chi connectivity index (χ4n) is 0.866. The van der Waals surface area contributed by atoms with Crippen molar-refractivity contribution < 1.29 is 17.2 Å². The van der Waals surface area contributed by atoms with E-state index in [4.69, 9.17) is 4.55 Å². The lowest BCUT2D eigenvalue weighted by Crippen LogP contribution is -1.96. The van der Waals surface area contributed by atoms with Crippen LogP contribution in [0.15, 0.2) is 12.3 Å². The Balaban J connectivity index is 3.33. The van der Waals surface area contributed by atoms with E-state index in [9.17, 15) is 8.42 Å². The zero-order valence-corrected chi connectivity index (χ0v) is 8.59. The molecule has 0 fully saturated rings. The van der Waals surface area contributed by atoms with Crippen molar-refractivity contribution in [3.63, 3.8) is 0 Å². The Morgan fingerprint density at radius 3 is 2.54 bits per heavy atom. The average Bonchev–Trinajstić information content (AvgIpc) is 2.01. The van der Waals surface area contributed by atoms with E-state index >= 15 is 0 Å². The van der Waals surface area contributed by atoms with Crippen molar-refractivity contribution >= 4 is 10.4 Å². The molecule has 5 heteroatoms. The van der Waals surface area contributed by atoms with Gasteiger partial charge in [0, 0.05) is 0 Å². The summed E-state index contributed by atoms with van der Waals surface area (Å²) in [6.45, 7) is 2.12. The first kappa shape index (κ1) is 12.4. The van der Waals surface area contributed by atoms with Crippen LogP contribution in [0.1, 0.15) is 39.0 Å². The van der Waals surface area contributed by atoms with E-state index in [0.717, 1.165) is 25.5 Å². The quantitative estimate of drug-likeness (QED) is 0.396. The fraction of sp³-hybridized carbons (Fsp3) is 0.750. The minimum Gasteiger partial charge on any atom is -0.370 e. The summed E-state index contributed by atoms with van der Waals surface area (Å²) in [4.78, 5) is 0. The molecule has 0 aliphatic rings. The van der Waals surface area contributed by atoms with Gasteiger partial charge < -0.3 is 4.18 Å². The molecular formula is C8H16O4S. The Hall–Kier alpha value is -0.550. The van der Waals surface area contributed by atoms with Gasteiger partial charge in [-0.3, -0.25) is 4.55 Å². The minimum absolute atomic E-state index is 0.773. The molecule has 0 amide bonds. The molecule has 1 N–H and O–H groups in total. The smallest absolute Gasteiger partial charge is 0.370 e. The first-order valence-corrected chi connectivity index (χ1v) is 5.73. The molecule has 0 aliphatic carbocycles. The highest BCUT2D eigenvalue weighted by molar-refractivity contribution is 7.81. The van der Waals surface area contributed by atoms with Gasteiger partial charge in [0.1, 0.15) is 6.26 Å². The number of allylic oxidation sites excluding steroid dienone is 1. The van der Waals surface area contributed by atoms with E-state index in [1.807, 2.05) is 0 Å². The number of hydrogen-bond acceptors (Lipinski definition) is 3. The Bertz CT molecular complexity index is 231. The van der Waals surface area contributed by atoms with E-state index in [1.165, 1.54) is 12.8 Å². The van der Waals surface area contributed by atoms with Crippen molar-refractivity contribution in [1.29, 1.82) is 0 Å². The predicted octanol–water partition coefficient (Wildman–Crippen LogP) is 2.29. The lowest BCUT2D eigenvalue weighted by molar-refractivity contribution is 0.355. The van der Waals surface area contributed by atoms with Crippen molar-refractivity contribution in [2.45, 2.75) is 39.0 Å². The van der Waals surface area contributed by atoms with Gasteiger partial charge in [-0.2, -0.15) is 8.42 Å². The van der Waals surface area contributed by atoms with E-state index in [2.05, 4.69) is 11.1 Å². The van der Waals surface area contributed by atoms with Gasteiger partial charge in [-0.1, -0.05) is 26.2 Å². The van der Waals surface area contributed by atoms with E-state index in [-0.39, 0.29) is 0 Å². The van der Waals surface area contributed by atoms with Crippen LogP contribution in [0.3, 0.4) is 0 Å². The Morgan fingerprint density at radius 1 is 1.31 bits per heavy atom. The fourth-order valence-corrected chi connectivity index (χ4v) is 1.09. The molecular weight excluding hydrogens is 192 g/mol. The first-order chi connectivity index (χ1) is 6.06. The molecule has 0 aliphatic heterocycles. The molecule has 0 aromatic carbocycles. The molecule has 0 rings (SSSR count). The molecule has 0 radical (unpaired) electrons. The lowest BCUT2D eigenvalue weighted by Gasteiger charge is -1.94. The van der Waals surface area contributed by atoms with E-state index in [1.54, 1.807) is 6.08 Å². The van der Waals surface area contributed by atoms with Crippen LogP contribution in [0.2, 0.25) is 0 Å². The molecule has 0 aromatic heterocycles. The van der Waals surface area contributed by atoms with Gasteiger partial charge in [0.25, 0.3) is 0 Å². The van der Waals surface area contributed by atoms with Crippen LogP contribution >= 0.6 is 0 Å². The van der Waals surface area contributed by atoms with Crippen molar-refractivity contribution in [2.24, 2.45) is 0 Å². The molecule has 0 bridgehead atoms. The van der Waals surface area contributed by atoms with Gasteiger partial charge >= 0.3 is 10.4 Å². The highest BCUT2D eigenvalue weighted by Gasteiger charge is 1.98. The summed E-state index contributed by atoms with van der Waals surface area (Å²) in [7, 11) is -4.31. The molecule has 0 aromatic rings. The maximum absolute atomic E-state index is 10.0. The second-order valence-corrected chi connectivity index (χ2v) is 3.79. The second-order valence-electron chi connectivity index (χ2n) is 2.75. The summed E-state index contributed by atoms with van der Waals surface area (Å²) < 4.78 is 32.2. The SMILES string of the molecule is CCCCCCC=COS(=O)(=O)O. The van der Waals surface area contributed by atoms with Crippen LogP contribution < -0.4 is 0 Å². The Morgan fingerprint density at radius 2 is 2.00 bits per heavy atom. The summed E-state index contributed by atoms with van der Waals surface area (Å²) in [5.74, 6) is 0. The van der Waals surface area contributed by atoms with Crippen molar-refractivity contribution in [1.82, 2.24) is 0 Å². The van der Waals surface area contributed by atoms with Crippen LogP contribution in [0.4, 0.5) is 0 Å². The van der Waals surface area contributed by atoms with E-state index in [0.29, 0.717) is 0 Å². The van der Waals surface area contributed by atoms with Crippen molar-refractivity contribution in [3.8, 4) is 0 Å². The molecule has 0 heterocycles. The average molecular weight is 208 g/mol. The third kappa shape index (κ3) is 11.5. The molecule has 0 saturated heterocycles. The molecule has 78 valence electrons. The minimum atomic E-state index is -4.31. The van der Waals surface area contributed by atoms with Gasteiger partial charge in [-0.15, -0.1) is 0 Å². The third-order valence-electron chi connectivity index (χ3n) is 1.50. The van der Waals surface area contributed by atoms with Crippen LogP contribution in [-0.2, 0) is 14.6 Å². The van der Waals surface area contributed by atoms with Crippen molar-refractivity contribution in [2.75, 3.05) is 0 Å². The number of hydrogen-bond donors (Lipinski definition) is 1. The molecule has 0 unspecified atom stereocenters. The zero-order chi connectivity index (χ0) is 10.2. The summed E-state index contributed by atoms with van der Waals surface area (Å²) in [6.07, 6.45) is 7.87. The van der Waals surface area contributed by atoms with Crippen LogP contribution in [0, 0.1) is 0 Å². The summed E-state index contributed by atoms with van der Waals surface area (Å²) in [5, 5.41) is 0. The summed E-state index contributed by atoms with van der Waals surface area (Å²) in [5.41, 5.74) is 0. The van der Waals surface area contributed by atoms with Gasteiger partial charge in [-0.25, -0.2) is 0 Å². The predicted molar refractivity (Wildman–Crippen MR) is 50.5 cm³/mol. The van der Waals surface area contributed by atoms with Crippen molar-refractivity contribution in [3.05, 3.63) is 12.3 Å². The Labute approximate surface area is 79.6 Å². The standard InChI is InChI=1S/C8H16O4S/c1-2-3-4-5-6-7-8-12-13(9,10)11/h7-8H,2-6H2,1H3,(H,9,10,11). The topological polar surface area (TPSA) is 63.6 Å². The maximum atomic E-state index is 10.0. The summed E-state index contributed by atoms with van der Waals surface area (Å²) >= 11 is 0. The number of unbranched alkanes of at least 4 members (excludes halogenated alkanes) is 4. The first-order valence-electron chi connectivity index (χ1n) is 4.37. The summed E-state index contributed by atoms with van der Waals surface area (Å²) in [6, 6.07) is 0. The largest absolute Gasteiger partial charge is 0.445 e. The molecule has 13 heavy (non-hydrogen) atoms.